The Hall–Kier alpha value is -2.15. The van der Waals surface area contributed by atoms with E-state index >= 15 is 0 Å². The molecule has 19 heavy (non-hydrogen) atoms. The summed E-state index contributed by atoms with van der Waals surface area (Å²) in [6, 6.07) is 6.80. The van der Waals surface area contributed by atoms with E-state index < -0.39 is 10.0 Å². The first kappa shape index (κ1) is 11.9. The summed E-state index contributed by atoms with van der Waals surface area (Å²) in [5, 5.41) is 6.73. The molecule has 0 unspecified atom stereocenters. The second-order valence-corrected chi connectivity index (χ2v) is 5.94. The fourth-order valence-electron chi connectivity index (χ4n) is 1.95. The summed E-state index contributed by atoms with van der Waals surface area (Å²) >= 11 is 0. The van der Waals surface area contributed by atoms with Crippen molar-refractivity contribution in [3.63, 3.8) is 0 Å². The van der Waals surface area contributed by atoms with Gasteiger partial charge in [0.1, 0.15) is 5.84 Å². The average molecular weight is 276 g/mol. The van der Waals surface area contributed by atoms with Crippen LogP contribution in [0.4, 0.5) is 0 Å². The van der Waals surface area contributed by atoms with Gasteiger partial charge in [-0.3, -0.25) is 14.8 Å². The zero-order valence-corrected chi connectivity index (χ0v) is 11.0. The molecule has 0 saturated heterocycles. The van der Waals surface area contributed by atoms with Gasteiger partial charge in [-0.2, -0.15) is 5.10 Å². The predicted octanol–water partition coefficient (Wildman–Crippen LogP) is 0.957. The molecule has 2 aromatic rings. The average Bonchev–Trinajstić information content (AvgIpc) is 2.90. The maximum absolute atomic E-state index is 11.9. The molecule has 2 heterocycles. The van der Waals surface area contributed by atoms with Crippen LogP contribution in [-0.2, 0) is 16.6 Å². The number of fused-ring (bicyclic) bond motifs is 1. The van der Waals surface area contributed by atoms with Gasteiger partial charge in [0.05, 0.1) is 17.6 Å². The molecule has 0 bridgehead atoms. The number of aliphatic imine (C=N–C) groups is 1. The van der Waals surface area contributed by atoms with Crippen LogP contribution >= 0.6 is 0 Å². The van der Waals surface area contributed by atoms with Crippen molar-refractivity contribution < 1.29 is 8.42 Å². The zero-order chi connectivity index (χ0) is 13.5. The third-order valence-electron chi connectivity index (χ3n) is 3.00. The van der Waals surface area contributed by atoms with Gasteiger partial charge < -0.3 is 0 Å². The van der Waals surface area contributed by atoms with E-state index in [0.29, 0.717) is 17.9 Å². The summed E-state index contributed by atoms with van der Waals surface area (Å²) in [6.45, 7) is 2.28. The Morgan fingerprint density at radius 2 is 2.11 bits per heavy atom. The minimum absolute atomic E-state index is 0.276. The lowest BCUT2D eigenvalue weighted by molar-refractivity contribution is 0.595. The highest BCUT2D eigenvalue weighted by atomic mass is 32.2. The lowest BCUT2D eigenvalue weighted by atomic mass is 10.2. The Kier molecular flexibility index (Phi) is 2.63. The van der Waals surface area contributed by atoms with Gasteiger partial charge >= 0.3 is 0 Å². The van der Waals surface area contributed by atoms with Gasteiger partial charge in [-0.15, -0.1) is 0 Å². The highest BCUT2D eigenvalue weighted by Gasteiger charge is 2.29. The Labute approximate surface area is 110 Å². The molecule has 98 valence electrons. The third kappa shape index (κ3) is 2.01. The number of nitrogens with zero attached hydrogens (tertiary/aromatic N) is 2. The fourth-order valence-corrected chi connectivity index (χ4v) is 3.20. The maximum atomic E-state index is 11.9. The highest BCUT2D eigenvalue weighted by Crippen LogP contribution is 2.22. The highest BCUT2D eigenvalue weighted by molar-refractivity contribution is 7.90. The van der Waals surface area contributed by atoms with Crippen molar-refractivity contribution in [2.75, 3.05) is 0 Å². The van der Waals surface area contributed by atoms with E-state index in [1.807, 2.05) is 6.92 Å². The quantitative estimate of drug-likeness (QED) is 0.856. The molecule has 0 saturated carbocycles. The predicted molar refractivity (Wildman–Crippen MR) is 70.3 cm³/mol. The van der Waals surface area contributed by atoms with E-state index in [9.17, 15) is 8.42 Å². The van der Waals surface area contributed by atoms with E-state index in [1.54, 1.807) is 30.5 Å². The smallest absolute Gasteiger partial charge is 0.263 e. The Morgan fingerprint density at radius 1 is 1.32 bits per heavy atom. The first-order valence-electron chi connectivity index (χ1n) is 5.73. The molecule has 6 nitrogen and oxygen atoms in total. The number of aromatic nitrogens is 2. The summed E-state index contributed by atoms with van der Waals surface area (Å²) in [5.74, 6) is 0.385. The number of aromatic amines is 1. The van der Waals surface area contributed by atoms with Gasteiger partial charge in [0.2, 0.25) is 0 Å². The summed E-state index contributed by atoms with van der Waals surface area (Å²) < 4.78 is 26.2. The number of benzene rings is 1. The molecule has 2 N–H and O–H groups in total. The molecule has 1 aliphatic heterocycles. The van der Waals surface area contributed by atoms with Crippen LogP contribution in [0.5, 0.6) is 0 Å². The number of H-pyrrole nitrogens is 1. The molecule has 7 heteroatoms. The molecule has 1 aromatic heterocycles. The standard InChI is InChI=1S/C12H12N4O2S/c1-8-9(7-14-15-8)6-13-12-10-4-2-3-5-11(10)19(17,18)16-12/h2-5,7H,6H2,1H3,(H,13,16)(H,14,15). The second kappa shape index (κ2) is 4.20. The van der Waals surface area contributed by atoms with E-state index in [0.717, 1.165) is 11.3 Å². The molecule has 1 aromatic carbocycles. The van der Waals surface area contributed by atoms with Crippen LogP contribution in [0.15, 0.2) is 40.4 Å². The van der Waals surface area contributed by atoms with Crippen LogP contribution in [0.3, 0.4) is 0 Å². The number of sulfonamides is 1. The van der Waals surface area contributed by atoms with Gasteiger partial charge in [0.25, 0.3) is 10.0 Å². The Morgan fingerprint density at radius 3 is 2.84 bits per heavy atom. The Balaban J connectivity index is 1.98. The van der Waals surface area contributed by atoms with Crippen molar-refractivity contribution in [2.24, 2.45) is 4.99 Å². The molecule has 0 radical (unpaired) electrons. The number of amidine groups is 1. The normalized spacial score (nSPS) is 18.3. The van der Waals surface area contributed by atoms with E-state index in [-0.39, 0.29) is 4.90 Å². The van der Waals surface area contributed by atoms with E-state index in [4.69, 9.17) is 0 Å². The fraction of sp³-hybridized carbons (Fsp3) is 0.167. The zero-order valence-electron chi connectivity index (χ0n) is 10.2. The van der Waals surface area contributed by atoms with E-state index in [1.165, 1.54) is 0 Å². The first-order chi connectivity index (χ1) is 9.08. The third-order valence-corrected chi connectivity index (χ3v) is 4.40. The number of aryl methyl sites for hydroxylation is 1. The molecule has 3 rings (SSSR count). The van der Waals surface area contributed by atoms with Crippen LogP contribution in [0.1, 0.15) is 16.8 Å². The topological polar surface area (TPSA) is 87.2 Å². The van der Waals surface area contributed by atoms with Crippen molar-refractivity contribution in [3.8, 4) is 0 Å². The number of rotatable bonds is 2. The minimum Gasteiger partial charge on any atom is -0.283 e. The molecule has 0 aliphatic carbocycles. The minimum atomic E-state index is -3.46. The summed E-state index contributed by atoms with van der Waals surface area (Å²) in [4.78, 5) is 4.61. The van der Waals surface area contributed by atoms with Gasteiger partial charge in [0.15, 0.2) is 0 Å². The lowest BCUT2D eigenvalue weighted by Gasteiger charge is -1.98. The molecule has 1 aliphatic rings. The van der Waals surface area contributed by atoms with Crippen molar-refractivity contribution >= 4 is 15.9 Å². The summed E-state index contributed by atoms with van der Waals surface area (Å²) in [6.07, 6.45) is 1.69. The molecule has 0 atom stereocenters. The first-order valence-corrected chi connectivity index (χ1v) is 7.22. The van der Waals surface area contributed by atoms with Crippen molar-refractivity contribution in [1.29, 1.82) is 0 Å². The van der Waals surface area contributed by atoms with Gasteiger partial charge in [-0.25, -0.2) is 8.42 Å². The van der Waals surface area contributed by atoms with Crippen LogP contribution in [0.2, 0.25) is 0 Å². The number of nitrogens with one attached hydrogen (secondary N) is 2. The number of hydrogen-bond donors (Lipinski definition) is 2. The summed E-state index contributed by atoms with van der Waals surface area (Å²) in [5.41, 5.74) is 2.48. The van der Waals surface area contributed by atoms with Crippen LogP contribution in [-0.4, -0.2) is 24.5 Å². The second-order valence-electron chi connectivity index (χ2n) is 4.29. The van der Waals surface area contributed by atoms with Crippen LogP contribution in [0.25, 0.3) is 0 Å². The van der Waals surface area contributed by atoms with Crippen molar-refractivity contribution in [1.82, 2.24) is 14.9 Å². The van der Waals surface area contributed by atoms with Gasteiger partial charge in [0, 0.05) is 16.8 Å². The summed E-state index contributed by atoms with van der Waals surface area (Å²) in [7, 11) is -3.46. The van der Waals surface area contributed by atoms with Crippen molar-refractivity contribution in [2.45, 2.75) is 18.4 Å². The van der Waals surface area contributed by atoms with Crippen molar-refractivity contribution in [3.05, 3.63) is 47.3 Å². The van der Waals surface area contributed by atoms with Crippen LogP contribution < -0.4 is 4.72 Å². The van der Waals surface area contributed by atoms with Gasteiger partial charge in [-0.05, 0) is 19.1 Å². The molecular weight excluding hydrogens is 264 g/mol. The molecule has 0 amide bonds. The Bertz CT molecular complexity index is 762. The van der Waals surface area contributed by atoms with Crippen LogP contribution in [0, 0.1) is 6.92 Å². The monoisotopic (exact) mass is 276 g/mol. The SMILES string of the molecule is Cc1[nH]ncc1CN=C1NS(=O)(=O)c2ccccc21. The van der Waals surface area contributed by atoms with E-state index in [2.05, 4.69) is 19.9 Å². The molecule has 0 spiro atoms. The largest absolute Gasteiger partial charge is 0.283 e. The molecule has 0 fully saturated rings. The maximum Gasteiger partial charge on any atom is 0.263 e. The molecular formula is C12H12N4O2S. The number of hydrogen-bond acceptors (Lipinski definition) is 4. The lowest BCUT2D eigenvalue weighted by Crippen LogP contribution is -2.22. The van der Waals surface area contributed by atoms with Gasteiger partial charge in [-0.1, -0.05) is 12.1 Å².